The van der Waals surface area contributed by atoms with Crippen molar-refractivity contribution in [1.82, 2.24) is 14.9 Å². The van der Waals surface area contributed by atoms with Crippen LogP contribution in [0.25, 0.3) is 0 Å². The molecule has 0 bridgehead atoms. The third-order valence-electron chi connectivity index (χ3n) is 5.11. The van der Waals surface area contributed by atoms with Crippen molar-refractivity contribution in [2.24, 2.45) is 0 Å². The van der Waals surface area contributed by atoms with Gasteiger partial charge in [-0.25, -0.2) is 4.39 Å². The zero-order chi connectivity index (χ0) is 21.8. The number of nitrogens with two attached hydrogens (primary N) is 1. The molecule has 4 rings (SSSR count). The lowest BCUT2D eigenvalue weighted by Crippen LogP contribution is -2.46. The number of aromatic nitrogens is 2. The lowest BCUT2D eigenvalue weighted by Gasteiger charge is -2.34. The number of piperazine rings is 1. The van der Waals surface area contributed by atoms with Crippen LogP contribution in [0, 0.1) is 15.9 Å². The Morgan fingerprint density at radius 3 is 2.39 bits per heavy atom. The number of hydrogen-bond acceptors (Lipinski definition) is 8. The molecule has 1 aliphatic rings. The van der Waals surface area contributed by atoms with Crippen LogP contribution in [0.5, 0.6) is 0 Å². The number of anilines is 4. The highest BCUT2D eigenvalue weighted by Gasteiger charge is 2.27. The van der Waals surface area contributed by atoms with Crippen molar-refractivity contribution in [2.45, 2.75) is 6.54 Å². The second-order valence-electron chi connectivity index (χ2n) is 7.22. The Labute approximate surface area is 178 Å². The molecule has 10 heteroatoms. The quantitative estimate of drug-likeness (QED) is 0.459. The normalized spacial score (nSPS) is 14.4. The number of nitrogens with zero attached hydrogens (tertiary/aromatic N) is 5. The predicted octanol–water partition coefficient (Wildman–Crippen LogP) is 3.17. The molecule has 0 spiro atoms. The molecule has 2 heterocycles. The summed E-state index contributed by atoms with van der Waals surface area (Å²) in [5.41, 5.74) is 6.72. The SMILES string of the molecule is Nc1nc(N2CCN(Cc3ccccc3)CC2)nc(Nc2ccccc2F)c1[N+](=O)[O-]. The summed E-state index contributed by atoms with van der Waals surface area (Å²) < 4.78 is 14.1. The lowest BCUT2D eigenvalue weighted by atomic mass is 10.2. The van der Waals surface area contributed by atoms with Crippen LogP contribution in [-0.2, 0) is 6.54 Å². The van der Waals surface area contributed by atoms with Crippen molar-refractivity contribution in [3.63, 3.8) is 0 Å². The summed E-state index contributed by atoms with van der Waals surface area (Å²) in [5.74, 6) is -0.670. The number of benzene rings is 2. The Morgan fingerprint density at radius 1 is 1.03 bits per heavy atom. The van der Waals surface area contributed by atoms with Gasteiger partial charge in [0.1, 0.15) is 5.82 Å². The third-order valence-corrected chi connectivity index (χ3v) is 5.11. The van der Waals surface area contributed by atoms with Gasteiger partial charge < -0.3 is 16.0 Å². The molecule has 3 aromatic rings. The number of nitro groups is 1. The van der Waals surface area contributed by atoms with E-state index in [-0.39, 0.29) is 23.3 Å². The number of halogens is 1. The van der Waals surface area contributed by atoms with Gasteiger partial charge in [0.2, 0.25) is 17.6 Å². The first-order valence-corrected chi connectivity index (χ1v) is 9.86. The molecule has 0 aliphatic carbocycles. The van der Waals surface area contributed by atoms with Gasteiger partial charge in [-0.2, -0.15) is 9.97 Å². The molecule has 31 heavy (non-hydrogen) atoms. The van der Waals surface area contributed by atoms with E-state index < -0.39 is 16.4 Å². The van der Waals surface area contributed by atoms with Gasteiger partial charge in [-0.3, -0.25) is 15.0 Å². The van der Waals surface area contributed by atoms with Gasteiger partial charge in [0, 0.05) is 32.7 Å². The molecule has 1 fully saturated rings. The molecule has 0 saturated carbocycles. The second kappa shape index (κ2) is 8.92. The number of nitrogens with one attached hydrogen (secondary N) is 1. The van der Waals surface area contributed by atoms with Gasteiger partial charge >= 0.3 is 5.69 Å². The fourth-order valence-corrected chi connectivity index (χ4v) is 3.51. The molecular weight excluding hydrogens is 401 g/mol. The maximum Gasteiger partial charge on any atom is 0.353 e. The number of hydrogen-bond donors (Lipinski definition) is 2. The Balaban J connectivity index is 1.53. The molecule has 2 aromatic carbocycles. The number of nitrogen functional groups attached to an aromatic ring is 1. The zero-order valence-electron chi connectivity index (χ0n) is 16.7. The monoisotopic (exact) mass is 423 g/mol. The minimum absolute atomic E-state index is 0.0716. The molecule has 160 valence electrons. The average molecular weight is 423 g/mol. The summed E-state index contributed by atoms with van der Waals surface area (Å²) in [6.07, 6.45) is 0. The first-order valence-electron chi connectivity index (χ1n) is 9.86. The molecule has 1 aliphatic heterocycles. The van der Waals surface area contributed by atoms with Crippen LogP contribution in [0.1, 0.15) is 5.56 Å². The minimum Gasteiger partial charge on any atom is -0.378 e. The van der Waals surface area contributed by atoms with Crippen LogP contribution in [0.3, 0.4) is 0 Å². The van der Waals surface area contributed by atoms with Crippen molar-refractivity contribution in [3.8, 4) is 0 Å². The second-order valence-corrected chi connectivity index (χ2v) is 7.22. The van der Waals surface area contributed by atoms with Gasteiger partial charge in [0.05, 0.1) is 10.6 Å². The molecule has 0 radical (unpaired) electrons. The minimum atomic E-state index is -0.667. The lowest BCUT2D eigenvalue weighted by molar-refractivity contribution is -0.383. The Hall–Kier alpha value is -3.79. The number of rotatable bonds is 6. The summed E-state index contributed by atoms with van der Waals surface area (Å²) in [6, 6.07) is 16.1. The highest BCUT2D eigenvalue weighted by molar-refractivity contribution is 5.74. The van der Waals surface area contributed by atoms with Crippen LogP contribution in [0.2, 0.25) is 0 Å². The van der Waals surface area contributed by atoms with Gasteiger partial charge in [-0.05, 0) is 17.7 Å². The molecule has 1 aromatic heterocycles. The smallest absolute Gasteiger partial charge is 0.353 e. The van der Waals surface area contributed by atoms with Gasteiger partial charge in [0.15, 0.2) is 0 Å². The van der Waals surface area contributed by atoms with Crippen molar-refractivity contribution in [1.29, 1.82) is 0 Å². The van der Waals surface area contributed by atoms with Crippen molar-refractivity contribution in [2.75, 3.05) is 42.1 Å². The first kappa shape index (κ1) is 20.5. The summed E-state index contributed by atoms with van der Waals surface area (Å²) in [4.78, 5) is 23.6. The maximum absolute atomic E-state index is 14.1. The highest BCUT2D eigenvalue weighted by Crippen LogP contribution is 2.33. The van der Waals surface area contributed by atoms with E-state index in [4.69, 9.17) is 5.73 Å². The van der Waals surface area contributed by atoms with E-state index in [1.807, 2.05) is 23.1 Å². The maximum atomic E-state index is 14.1. The summed E-state index contributed by atoms with van der Waals surface area (Å²) in [6.45, 7) is 3.70. The predicted molar refractivity (Wildman–Crippen MR) is 117 cm³/mol. The molecule has 3 N–H and O–H groups in total. The molecule has 1 saturated heterocycles. The van der Waals surface area contributed by atoms with Gasteiger partial charge in [-0.15, -0.1) is 0 Å². The zero-order valence-corrected chi connectivity index (χ0v) is 16.7. The van der Waals surface area contributed by atoms with E-state index in [9.17, 15) is 14.5 Å². The fraction of sp³-hybridized carbons (Fsp3) is 0.238. The van der Waals surface area contributed by atoms with Crippen LogP contribution >= 0.6 is 0 Å². The fourth-order valence-electron chi connectivity index (χ4n) is 3.51. The number of para-hydroxylation sites is 1. The van der Waals surface area contributed by atoms with Crippen molar-refractivity contribution >= 4 is 29.0 Å². The Morgan fingerprint density at radius 2 is 1.71 bits per heavy atom. The molecule has 0 atom stereocenters. The van der Waals surface area contributed by atoms with Crippen LogP contribution in [0.4, 0.5) is 33.3 Å². The van der Waals surface area contributed by atoms with E-state index >= 15 is 0 Å². The molecular formula is C21H22FN7O2. The standard InChI is InChI=1S/C21H22FN7O2/c22-16-8-4-5-9-17(16)24-20-18(29(30)31)19(23)25-21(26-20)28-12-10-27(11-13-28)14-15-6-2-1-3-7-15/h1-9H,10-14H2,(H3,23,24,25,26). The summed E-state index contributed by atoms with van der Waals surface area (Å²) >= 11 is 0. The summed E-state index contributed by atoms with van der Waals surface area (Å²) in [5, 5.41) is 14.2. The largest absolute Gasteiger partial charge is 0.378 e. The average Bonchev–Trinajstić information content (AvgIpc) is 2.76. The third kappa shape index (κ3) is 4.69. The van der Waals surface area contributed by atoms with E-state index in [0.29, 0.717) is 13.1 Å². The van der Waals surface area contributed by atoms with Crippen molar-refractivity contribution < 1.29 is 9.31 Å². The van der Waals surface area contributed by atoms with Crippen LogP contribution < -0.4 is 16.0 Å². The van der Waals surface area contributed by atoms with E-state index in [1.54, 1.807) is 6.07 Å². The van der Waals surface area contributed by atoms with E-state index in [2.05, 4.69) is 32.3 Å². The van der Waals surface area contributed by atoms with E-state index in [1.165, 1.54) is 23.8 Å². The van der Waals surface area contributed by atoms with E-state index in [0.717, 1.165) is 19.6 Å². The van der Waals surface area contributed by atoms with Gasteiger partial charge in [-0.1, -0.05) is 42.5 Å². The van der Waals surface area contributed by atoms with Crippen LogP contribution in [-0.4, -0.2) is 46.0 Å². The molecule has 0 unspecified atom stereocenters. The molecule has 9 nitrogen and oxygen atoms in total. The Kier molecular flexibility index (Phi) is 5.89. The molecule has 0 amide bonds. The Bertz CT molecular complexity index is 1070. The van der Waals surface area contributed by atoms with Crippen LogP contribution in [0.15, 0.2) is 54.6 Å². The highest BCUT2D eigenvalue weighted by atomic mass is 19.1. The van der Waals surface area contributed by atoms with Gasteiger partial charge in [0.25, 0.3) is 0 Å². The summed E-state index contributed by atoms with van der Waals surface area (Å²) in [7, 11) is 0. The first-order chi connectivity index (χ1) is 15.0. The van der Waals surface area contributed by atoms with Crippen molar-refractivity contribution in [3.05, 3.63) is 76.1 Å². The topological polar surface area (TPSA) is 113 Å².